The lowest BCUT2D eigenvalue weighted by atomic mass is 10.1. The minimum Gasteiger partial charge on any atom is -0.435 e. The Balaban J connectivity index is 2.63. The van der Waals surface area contributed by atoms with E-state index in [2.05, 4.69) is 10.2 Å². The van der Waals surface area contributed by atoms with Crippen LogP contribution in [0.3, 0.4) is 0 Å². The minimum atomic E-state index is -2.79. The Morgan fingerprint density at radius 1 is 1.20 bits per heavy atom. The van der Waals surface area contributed by atoms with Gasteiger partial charge in [0.25, 0.3) is 0 Å². The molecule has 0 amide bonds. The third kappa shape index (κ3) is 3.81. The van der Waals surface area contributed by atoms with Crippen LogP contribution in [0.5, 0.6) is 5.75 Å². The topological polar surface area (TPSA) is 30.5 Å². The first-order chi connectivity index (χ1) is 7.13. The van der Waals surface area contributed by atoms with Crippen LogP contribution in [-0.2, 0) is 4.84 Å². The normalized spacial score (nSPS) is 12.9. The average molecular weight is 217 g/mol. The molecule has 0 fully saturated rings. The molecule has 5 heteroatoms. The van der Waals surface area contributed by atoms with Crippen LogP contribution in [-0.4, -0.2) is 13.7 Å². The van der Waals surface area contributed by atoms with Crippen molar-refractivity contribution in [2.75, 3.05) is 7.11 Å². The fraction of sp³-hybridized carbons (Fsp3) is 0.400. The van der Waals surface area contributed by atoms with Crippen LogP contribution in [0.1, 0.15) is 18.5 Å². The van der Waals surface area contributed by atoms with Crippen molar-refractivity contribution in [3.05, 3.63) is 29.8 Å². The van der Waals surface area contributed by atoms with Gasteiger partial charge in [-0.25, -0.2) is 0 Å². The highest BCUT2D eigenvalue weighted by Crippen LogP contribution is 2.18. The van der Waals surface area contributed by atoms with Crippen molar-refractivity contribution in [3.8, 4) is 5.75 Å². The van der Waals surface area contributed by atoms with Crippen molar-refractivity contribution in [1.82, 2.24) is 5.48 Å². The summed E-state index contributed by atoms with van der Waals surface area (Å²) < 4.78 is 27.9. The van der Waals surface area contributed by atoms with Crippen molar-refractivity contribution < 1.29 is 18.4 Å². The van der Waals surface area contributed by atoms with E-state index in [1.165, 1.54) is 19.2 Å². The second kappa shape index (κ2) is 5.63. The first-order valence-electron chi connectivity index (χ1n) is 4.46. The molecule has 0 aliphatic heterocycles. The highest BCUT2D eigenvalue weighted by Gasteiger charge is 2.06. The van der Waals surface area contributed by atoms with E-state index in [1.54, 1.807) is 12.1 Å². The third-order valence-corrected chi connectivity index (χ3v) is 1.90. The predicted molar refractivity (Wildman–Crippen MR) is 51.6 cm³/mol. The monoisotopic (exact) mass is 217 g/mol. The second-order valence-corrected chi connectivity index (χ2v) is 2.99. The lowest BCUT2D eigenvalue weighted by Crippen LogP contribution is -2.16. The van der Waals surface area contributed by atoms with Gasteiger partial charge in [-0.1, -0.05) is 12.1 Å². The number of ether oxygens (including phenoxy) is 1. The van der Waals surface area contributed by atoms with Gasteiger partial charge in [-0.3, -0.25) is 0 Å². The van der Waals surface area contributed by atoms with Crippen LogP contribution in [0, 0.1) is 0 Å². The summed E-state index contributed by atoms with van der Waals surface area (Å²) >= 11 is 0. The number of halogens is 2. The Bertz CT molecular complexity index is 290. The standard InChI is InChI=1S/C10H13F2NO2/c1-7(13-14-2)8-3-5-9(6-4-8)15-10(11)12/h3-7,10,13H,1-2H3. The molecule has 15 heavy (non-hydrogen) atoms. The number of nitrogens with one attached hydrogen (secondary N) is 1. The zero-order valence-electron chi connectivity index (χ0n) is 8.54. The molecule has 1 atom stereocenters. The second-order valence-electron chi connectivity index (χ2n) is 2.99. The summed E-state index contributed by atoms with van der Waals surface area (Å²) in [5.74, 6) is 0.151. The minimum absolute atomic E-state index is 0.00407. The van der Waals surface area contributed by atoms with Crippen LogP contribution in [0.2, 0.25) is 0 Å². The first-order valence-corrected chi connectivity index (χ1v) is 4.46. The molecule has 0 saturated heterocycles. The summed E-state index contributed by atoms with van der Waals surface area (Å²) in [5.41, 5.74) is 3.66. The van der Waals surface area contributed by atoms with Crippen LogP contribution < -0.4 is 10.2 Å². The number of alkyl halides is 2. The molecule has 3 nitrogen and oxygen atoms in total. The molecule has 84 valence electrons. The summed E-state index contributed by atoms with van der Waals surface area (Å²) in [6, 6.07) is 6.39. The zero-order valence-corrected chi connectivity index (χ0v) is 8.54. The van der Waals surface area contributed by atoms with E-state index in [-0.39, 0.29) is 11.8 Å². The quantitative estimate of drug-likeness (QED) is 0.768. The van der Waals surface area contributed by atoms with Gasteiger partial charge in [-0.15, -0.1) is 0 Å². The van der Waals surface area contributed by atoms with Gasteiger partial charge in [0.1, 0.15) is 5.75 Å². The SMILES string of the molecule is CONC(C)c1ccc(OC(F)F)cc1. The van der Waals surface area contributed by atoms with Gasteiger partial charge in [-0.2, -0.15) is 14.3 Å². The molecule has 0 aliphatic rings. The summed E-state index contributed by atoms with van der Waals surface area (Å²) in [6.07, 6.45) is 0. The molecule has 0 aromatic heterocycles. The van der Waals surface area contributed by atoms with Crippen molar-refractivity contribution in [2.45, 2.75) is 19.6 Å². The van der Waals surface area contributed by atoms with Crippen molar-refractivity contribution in [3.63, 3.8) is 0 Å². The highest BCUT2D eigenvalue weighted by atomic mass is 19.3. The molecular formula is C10H13F2NO2. The summed E-state index contributed by atoms with van der Waals surface area (Å²) in [5, 5.41) is 0. The lowest BCUT2D eigenvalue weighted by Gasteiger charge is -2.12. The van der Waals surface area contributed by atoms with Crippen molar-refractivity contribution in [1.29, 1.82) is 0 Å². The predicted octanol–water partition coefficient (Wildman–Crippen LogP) is 2.50. The maximum atomic E-state index is 11.8. The maximum Gasteiger partial charge on any atom is 0.387 e. The van der Waals surface area contributed by atoms with Crippen molar-refractivity contribution in [2.24, 2.45) is 0 Å². The van der Waals surface area contributed by atoms with E-state index >= 15 is 0 Å². The molecule has 1 N–H and O–H groups in total. The summed E-state index contributed by atoms with van der Waals surface area (Å²) in [4.78, 5) is 4.75. The number of hydroxylamine groups is 1. The molecule has 1 aromatic rings. The molecule has 0 spiro atoms. The molecule has 0 saturated carbocycles. The van der Waals surface area contributed by atoms with Crippen molar-refractivity contribution >= 4 is 0 Å². The molecule has 0 bridgehead atoms. The molecular weight excluding hydrogens is 204 g/mol. The Hall–Kier alpha value is -1.20. The fourth-order valence-electron chi connectivity index (χ4n) is 1.18. The number of hydrogen-bond acceptors (Lipinski definition) is 3. The summed E-state index contributed by atoms with van der Waals surface area (Å²) in [7, 11) is 1.52. The Labute approximate surface area is 87.0 Å². The number of benzene rings is 1. The van der Waals surface area contributed by atoms with E-state index in [0.29, 0.717) is 0 Å². The van der Waals surface area contributed by atoms with Crippen LogP contribution >= 0.6 is 0 Å². The van der Waals surface area contributed by atoms with E-state index < -0.39 is 6.61 Å². The molecule has 1 aromatic carbocycles. The summed E-state index contributed by atoms with van der Waals surface area (Å²) in [6.45, 7) is -0.891. The van der Waals surface area contributed by atoms with E-state index in [9.17, 15) is 8.78 Å². The molecule has 1 unspecified atom stereocenters. The maximum absolute atomic E-state index is 11.8. The largest absolute Gasteiger partial charge is 0.435 e. The van der Waals surface area contributed by atoms with Gasteiger partial charge in [0.05, 0.1) is 13.2 Å². The van der Waals surface area contributed by atoms with Crippen LogP contribution in [0.15, 0.2) is 24.3 Å². The van der Waals surface area contributed by atoms with Crippen LogP contribution in [0.25, 0.3) is 0 Å². The van der Waals surface area contributed by atoms with Crippen LogP contribution in [0.4, 0.5) is 8.78 Å². The smallest absolute Gasteiger partial charge is 0.387 e. The molecule has 0 heterocycles. The van der Waals surface area contributed by atoms with E-state index in [4.69, 9.17) is 4.84 Å². The fourth-order valence-corrected chi connectivity index (χ4v) is 1.18. The molecule has 1 rings (SSSR count). The Morgan fingerprint density at radius 2 is 1.80 bits per heavy atom. The average Bonchev–Trinajstić information content (AvgIpc) is 2.18. The lowest BCUT2D eigenvalue weighted by molar-refractivity contribution is -0.0498. The number of rotatable bonds is 5. The van der Waals surface area contributed by atoms with Gasteiger partial charge in [-0.05, 0) is 24.6 Å². The Kier molecular flexibility index (Phi) is 4.45. The van der Waals surface area contributed by atoms with Gasteiger partial charge >= 0.3 is 6.61 Å². The van der Waals surface area contributed by atoms with Gasteiger partial charge in [0.15, 0.2) is 0 Å². The van der Waals surface area contributed by atoms with E-state index in [0.717, 1.165) is 5.56 Å². The zero-order chi connectivity index (χ0) is 11.3. The van der Waals surface area contributed by atoms with Gasteiger partial charge in [0, 0.05) is 0 Å². The Morgan fingerprint density at radius 3 is 2.27 bits per heavy atom. The molecule has 0 radical (unpaired) electrons. The molecule has 0 aliphatic carbocycles. The third-order valence-electron chi connectivity index (χ3n) is 1.90. The van der Waals surface area contributed by atoms with E-state index in [1.807, 2.05) is 6.92 Å². The highest BCUT2D eigenvalue weighted by molar-refractivity contribution is 5.28. The van der Waals surface area contributed by atoms with Gasteiger partial charge in [0.2, 0.25) is 0 Å². The number of hydrogen-bond donors (Lipinski definition) is 1. The first kappa shape index (κ1) is 11.9. The van der Waals surface area contributed by atoms with Gasteiger partial charge < -0.3 is 9.57 Å².